The van der Waals surface area contributed by atoms with Crippen molar-refractivity contribution in [3.63, 3.8) is 0 Å². The molecule has 0 spiro atoms. The minimum Gasteiger partial charge on any atom is -0.402 e. The highest BCUT2D eigenvalue weighted by molar-refractivity contribution is 5.51. The summed E-state index contributed by atoms with van der Waals surface area (Å²) in [5.74, 6) is -1.32. The first-order valence-corrected chi connectivity index (χ1v) is 8.61. The maximum Gasteiger partial charge on any atom is 0.417 e. The van der Waals surface area contributed by atoms with E-state index in [1.807, 2.05) is 0 Å². The van der Waals surface area contributed by atoms with Crippen molar-refractivity contribution in [1.29, 1.82) is 0 Å². The Morgan fingerprint density at radius 3 is 2.54 bits per heavy atom. The van der Waals surface area contributed by atoms with Gasteiger partial charge in [-0.3, -0.25) is 4.79 Å². The summed E-state index contributed by atoms with van der Waals surface area (Å²) >= 11 is 0. The SMILES string of the molecule is Cc1ccc(F)cc1C(C)CC(O)(C/C(N)=C/c1ccc(=O)[nH]c1)C(F)(F)F. The summed E-state index contributed by atoms with van der Waals surface area (Å²) in [6.45, 7) is 3.17. The predicted molar refractivity (Wildman–Crippen MR) is 99.0 cm³/mol. The van der Waals surface area contributed by atoms with Crippen molar-refractivity contribution < 1.29 is 22.7 Å². The zero-order valence-electron chi connectivity index (χ0n) is 15.5. The normalized spacial score (nSPS) is 15.9. The topological polar surface area (TPSA) is 79.1 Å². The third kappa shape index (κ3) is 5.22. The van der Waals surface area contributed by atoms with Crippen LogP contribution in [0.5, 0.6) is 0 Å². The summed E-state index contributed by atoms with van der Waals surface area (Å²) in [5, 5.41) is 10.4. The third-order valence-electron chi connectivity index (χ3n) is 4.60. The van der Waals surface area contributed by atoms with E-state index in [9.17, 15) is 27.5 Å². The van der Waals surface area contributed by atoms with E-state index in [4.69, 9.17) is 5.73 Å². The number of H-pyrrole nitrogens is 1. The second-order valence-electron chi connectivity index (χ2n) is 7.02. The summed E-state index contributed by atoms with van der Waals surface area (Å²) in [6, 6.07) is 6.50. The Morgan fingerprint density at radius 1 is 1.29 bits per heavy atom. The first-order chi connectivity index (χ1) is 12.9. The molecular weight excluding hydrogens is 376 g/mol. The number of pyridine rings is 1. The van der Waals surface area contributed by atoms with Crippen LogP contribution in [-0.2, 0) is 0 Å². The van der Waals surface area contributed by atoms with Gasteiger partial charge in [-0.2, -0.15) is 13.2 Å². The largest absolute Gasteiger partial charge is 0.417 e. The number of benzene rings is 1. The summed E-state index contributed by atoms with van der Waals surface area (Å²) < 4.78 is 54.5. The number of halogens is 4. The summed E-state index contributed by atoms with van der Waals surface area (Å²) in [7, 11) is 0. The maximum atomic E-state index is 13.7. The number of nitrogens with one attached hydrogen (secondary N) is 1. The number of alkyl halides is 3. The van der Waals surface area contributed by atoms with E-state index in [2.05, 4.69) is 4.98 Å². The van der Waals surface area contributed by atoms with Gasteiger partial charge in [0.15, 0.2) is 5.60 Å². The van der Waals surface area contributed by atoms with Crippen molar-refractivity contribution in [2.75, 3.05) is 0 Å². The average molecular weight is 398 g/mol. The van der Waals surface area contributed by atoms with Crippen molar-refractivity contribution in [3.05, 3.63) is 75.1 Å². The molecule has 0 aliphatic carbocycles. The molecule has 1 heterocycles. The molecule has 1 aromatic carbocycles. The van der Waals surface area contributed by atoms with Crippen LogP contribution in [0.15, 0.2) is 47.0 Å². The summed E-state index contributed by atoms with van der Waals surface area (Å²) in [6.07, 6.45) is -3.91. The zero-order valence-corrected chi connectivity index (χ0v) is 15.5. The molecule has 0 fully saturated rings. The smallest absolute Gasteiger partial charge is 0.402 e. The van der Waals surface area contributed by atoms with Crippen LogP contribution in [0.3, 0.4) is 0 Å². The zero-order chi connectivity index (χ0) is 21.1. The minimum atomic E-state index is -4.94. The van der Waals surface area contributed by atoms with E-state index < -0.39 is 36.4 Å². The molecular formula is C20H22F4N2O2. The maximum absolute atomic E-state index is 13.7. The molecule has 28 heavy (non-hydrogen) atoms. The Bertz CT molecular complexity index is 901. The van der Waals surface area contributed by atoms with Gasteiger partial charge in [0.2, 0.25) is 5.56 Å². The van der Waals surface area contributed by atoms with Gasteiger partial charge in [-0.25, -0.2) is 4.39 Å². The van der Waals surface area contributed by atoms with E-state index in [1.165, 1.54) is 49.5 Å². The van der Waals surface area contributed by atoms with Gasteiger partial charge < -0.3 is 15.8 Å². The molecule has 0 aliphatic heterocycles. The van der Waals surface area contributed by atoms with Crippen LogP contribution < -0.4 is 11.3 Å². The van der Waals surface area contributed by atoms with Crippen molar-refractivity contribution in [1.82, 2.24) is 4.98 Å². The Labute approximate surface area is 159 Å². The van der Waals surface area contributed by atoms with E-state index in [0.717, 1.165) is 0 Å². The monoisotopic (exact) mass is 398 g/mol. The third-order valence-corrected chi connectivity index (χ3v) is 4.60. The van der Waals surface area contributed by atoms with Crippen molar-refractivity contribution in [3.8, 4) is 0 Å². The van der Waals surface area contributed by atoms with Gasteiger partial charge in [0.1, 0.15) is 5.82 Å². The van der Waals surface area contributed by atoms with Crippen molar-refractivity contribution in [2.45, 2.75) is 44.4 Å². The second kappa shape index (κ2) is 8.18. The molecule has 2 rings (SSSR count). The van der Waals surface area contributed by atoms with E-state index in [1.54, 1.807) is 6.92 Å². The summed E-state index contributed by atoms with van der Waals surface area (Å²) in [4.78, 5) is 13.4. The lowest BCUT2D eigenvalue weighted by Crippen LogP contribution is -2.47. The summed E-state index contributed by atoms with van der Waals surface area (Å²) in [5.41, 5.74) is 3.52. The molecule has 8 heteroatoms. The lowest BCUT2D eigenvalue weighted by Gasteiger charge is -2.33. The lowest BCUT2D eigenvalue weighted by atomic mass is 9.82. The molecule has 4 nitrogen and oxygen atoms in total. The molecule has 0 saturated carbocycles. The van der Waals surface area contributed by atoms with Gasteiger partial charge in [0, 0.05) is 24.4 Å². The Balaban J connectivity index is 2.29. The highest BCUT2D eigenvalue weighted by Gasteiger charge is 2.54. The Hall–Kier alpha value is -2.61. The lowest BCUT2D eigenvalue weighted by molar-refractivity contribution is -0.263. The van der Waals surface area contributed by atoms with Gasteiger partial charge in [-0.15, -0.1) is 0 Å². The molecule has 152 valence electrons. The fourth-order valence-corrected chi connectivity index (χ4v) is 3.16. The van der Waals surface area contributed by atoms with Crippen LogP contribution in [0.2, 0.25) is 0 Å². The number of aromatic nitrogens is 1. The van der Waals surface area contributed by atoms with Crippen LogP contribution >= 0.6 is 0 Å². The van der Waals surface area contributed by atoms with Gasteiger partial charge in [0.05, 0.1) is 0 Å². The first kappa shape index (κ1) is 21.7. The number of aromatic amines is 1. The Kier molecular flexibility index (Phi) is 6.34. The number of aliphatic hydroxyl groups is 1. The van der Waals surface area contributed by atoms with Gasteiger partial charge >= 0.3 is 6.18 Å². The molecule has 0 radical (unpaired) electrons. The van der Waals surface area contributed by atoms with Crippen molar-refractivity contribution >= 4 is 6.08 Å². The number of hydrogen-bond acceptors (Lipinski definition) is 3. The average Bonchev–Trinajstić information content (AvgIpc) is 2.57. The van der Waals surface area contributed by atoms with Gasteiger partial charge in [-0.1, -0.05) is 13.0 Å². The van der Waals surface area contributed by atoms with Crippen LogP contribution in [0.4, 0.5) is 17.6 Å². The Morgan fingerprint density at radius 2 is 1.96 bits per heavy atom. The minimum absolute atomic E-state index is 0.199. The highest BCUT2D eigenvalue weighted by Crippen LogP contribution is 2.42. The number of nitrogens with two attached hydrogens (primary N) is 1. The van der Waals surface area contributed by atoms with Crippen LogP contribution in [0, 0.1) is 12.7 Å². The highest BCUT2D eigenvalue weighted by atomic mass is 19.4. The molecule has 4 N–H and O–H groups in total. The molecule has 2 unspecified atom stereocenters. The fourth-order valence-electron chi connectivity index (χ4n) is 3.16. The quantitative estimate of drug-likeness (QED) is 0.644. The van der Waals surface area contributed by atoms with Crippen LogP contribution in [0.1, 0.15) is 42.4 Å². The molecule has 0 saturated heterocycles. The van der Waals surface area contributed by atoms with E-state index in [-0.39, 0.29) is 11.3 Å². The standard InChI is InChI=1S/C20H22F4N2O2/c1-12-3-5-15(21)8-17(12)13(2)9-19(28,20(22,23)24)10-16(25)7-14-4-6-18(27)26-11-14/h3-8,11,13,28H,9-10,25H2,1-2H3,(H,26,27)/b16-7-. The molecule has 0 aliphatic rings. The van der Waals surface area contributed by atoms with Crippen LogP contribution in [0.25, 0.3) is 6.08 Å². The van der Waals surface area contributed by atoms with Gasteiger partial charge in [0.25, 0.3) is 0 Å². The van der Waals surface area contributed by atoms with E-state index >= 15 is 0 Å². The molecule has 0 amide bonds. The molecule has 0 bridgehead atoms. The van der Waals surface area contributed by atoms with Gasteiger partial charge in [-0.05, 0) is 60.2 Å². The number of hydrogen-bond donors (Lipinski definition) is 3. The first-order valence-electron chi connectivity index (χ1n) is 8.61. The van der Waals surface area contributed by atoms with Crippen LogP contribution in [-0.4, -0.2) is 21.9 Å². The molecule has 2 aromatic rings. The number of rotatable bonds is 6. The van der Waals surface area contributed by atoms with E-state index in [0.29, 0.717) is 16.7 Å². The second-order valence-corrected chi connectivity index (χ2v) is 7.02. The number of aryl methyl sites for hydroxylation is 1. The van der Waals surface area contributed by atoms with Crippen molar-refractivity contribution in [2.24, 2.45) is 5.73 Å². The molecule has 2 atom stereocenters. The fraction of sp³-hybridized carbons (Fsp3) is 0.350. The predicted octanol–water partition coefficient (Wildman–Crippen LogP) is 4.00. The molecule has 1 aromatic heterocycles.